The van der Waals surface area contributed by atoms with Crippen LogP contribution in [0.3, 0.4) is 0 Å². The third kappa shape index (κ3) is 8.29. The Morgan fingerprint density at radius 2 is 1.31 bits per heavy atom. The third-order valence-corrected chi connectivity index (χ3v) is 2.10. The lowest BCUT2D eigenvalue weighted by Gasteiger charge is -2.30. The smallest absolute Gasteiger partial charge is 0.00412 e. The molecule has 82 valence electrons. The third-order valence-electron chi connectivity index (χ3n) is 2.10. The summed E-state index contributed by atoms with van der Waals surface area (Å²) >= 11 is 0. The minimum absolute atomic E-state index is 0.696. The zero-order valence-corrected chi connectivity index (χ0v) is 10.7. The summed E-state index contributed by atoms with van der Waals surface area (Å²) in [6, 6.07) is 1.39. The first kappa shape index (κ1) is 15.4. The Morgan fingerprint density at radius 1 is 0.923 bits per heavy atom. The van der Waals surface area contributed by atoms with Crippen LogP contribution in [0, 0.1) is 0 Å². The van der Waals surface area contributed by atoms with Crippen LogP contribution in [-0.2, 0) is 0 Å². The van der Waals surface area contributed by atoms with Crippen LogP contribution in [0.25, 0.3) is 0 Å². The Balaban J connectivity index is 0. The highest BCUT2D eigenvalue weighted by atomic mass is 15.2. The maximum absolute atomic E-state index is 2.55. The van der Waals surface area contributed by atoms with Crippen molar-refractivity contribution in [2.24, 2.45) is 0 Å². The second-order valence-electron chi connectivity index (χ2n) is 3.78. The molecule has 0 saturated heterocycles. The summed E-state index contributed by atoms with van der Waals surface area (Å²) in [4.78, 5) is 2.55. The van der Waals surface area contributed by atoms with Crippen LogP contribution in [0.1, 0.15) is 61.3 Å². The number of hydrogen-bond donors (Lipinski definition) is 0. The van der Waals surface area contributed by atoms with Gasteiger partial charge in [-0.25, -0.2) is 0 Å². The summed E-state index contributed by atoms with van der Waals surface area (Å²) in [5, 5.41) is 0. The summed E-state index contributed by atoms with van der Waals surface area (Å²) in [6.45, 7) is 16.6. The van der Waals surface area contributed by atoms with Gasteiger partial charge in [0.25, 0.3) is 0 Å². The molecule has 0 fully saturated rings. The number of rotatable bonds is 5. The van der Waals surface area contributed by atoms with Crippen molar-refractivity contribution in [2.75, 3.05) is 6.54 Å². The minimum Gasteiger partial charge on any atom is -0.299 e. The van der Waals surface area contributed by atoms with Crippen LogP contribution in [0.4, 0.5) is 0 Å². The predicted octanol–water partition coefficient (Wildman–Crippen LogP) is 3.93. The van der Waals surface area contributed by atoms with Gasteiger partial charge in [-0.15, -0.1) is 0 Å². The molecule has 0 saturated carbocycles. The van der Waals surface area contributed by atoms with Crippen LogP contribution < -0.4 is 0 Å². The maximum Gasteiger partial charge on any atom is 0.00412 e. The molecule has 0 bridgehead atoms. The lowest BCUT2D eigenvalue weighted by atomic mass is 10.2. The lowest BCUT2D eigenvalue weighted by Crippen LogP contribution is -2.37. The van der Waals surface area contributed by atoms with Crippen molar-refractivity contribution >= 4 is 0 Å². The SMILES string of the molecule is CC.CCCCN(C(C)C)C(C)C. The van der Waals surface area contributed by atoms with Crippen LogP contribution >= 0.6 is 0 Å². The van der Waals surface area contributed by atoms with E-state index >= 15 is 0 Å². The van der Waals surface area contributed by atoms with E-state index < -0.39 is 0 Å². The molecule has 0 aliphatic heterocycles. The average molecular weight is 187 g/mol. The molecule has 0 N–H and O–H groups in total. The van der Waals surface area contributed by atoms with E-state index in [1.807, 2.05) is 13.8 Å². The van der Waals surface area contributed by atoms with Gasteiger partial charge in [-0.3, -0.25) is 4.90 Å². The number of hydrogen-bond acceptors (Lipinski definition) is 1. The van der Waals surface area contributed by atoms with Gasteiger partial charge in [0.05, 0.1) is 0 Å². The Labute approximate surface area is 85.5 Å². The van der Waals surface area contributed by atoms with E-state index in [-0.39, 0.29) is 0 Å². The van der Waals surface area contributed by atoms with Gasteiger partial charge >= 0.3 is 0 Å². The van der Waals surface area contributed by atoms with Gasteiger partial charge in [0.1, 0.15) is 0 Å². The molecule has 13 heavy (non-hydrogen) atoms. The molecular formula is C12H29N. The first-order chi connectivity index (χ1) is 6.09. The Kier molecular flexibility index (Phi) is 11.9. The van der Waals surface area contributed by atoms with Gasteiger partial charge in [-0.1, -0.05) is 27.2 Å². The molecule has 0 aliphatic rings. The topological polar surface area (TPSA) is 3.24 Å². The zero-order valence-electron chi connectivity index (χ0n) is 10.7. The molecule has 0 rings (SSSR count). The van der Waals surface area contributed by atoms with E-state index in [4.69, 9.17) is 0 Å². The van der Waals surface area contributed by atoms with Crippen LogP contribution in [0.15, 0.2) is 0 Å². The van der Waals surface area contributed by atoms with E-state index in [9.17, 15) is 0 Å². The lowest BCUT2D eigenvalue weighted by molar-refractivity contribution is 0.172. The van der Waals surface area contributed by atoms with Gasteiger partial charge in [-0.05, 0) is 40.7 Å². The van der Waals surface area contributed by atoms with Crippen molar-refractivity contribution in [2.45, 2.75) is 73.4 Å². The van der Waals surface area contributed by atoms with Crippen LogP contribution in [0.5, 0.6) is 0 Å². The van der Waals surface area contributed by atoms with Gasteiger partial charge in [-0.2, -0.15) is 0 Å². The summed E-state index contributed by atoms with van der Waals surface area (Å²) in [5.74, 6) is 0. The van der Waals surface area contributed by atoms with Crippen molar-refractivity contribution < 1.29 is 0 Å². The van der Waals surface area contributed by atoms with E-state index in [2.05, 4.69) is 39.5 Å². The minimum atomic E-state index is 0.696. The molecule has 0 aliphatic carbocycles. The van der Waals surface area contributed by atoms with E-state index in [1.165, 1.54) is 19.4 Å². The quantitative estimate of drug-likeness (QED) is 0.630. The second-order valence-corrected chi connectivity index (χ2v) is 3.78. The Hall–Kier alpha value is -0.0400. The Bertz CT molecular complexity index is 79.1. The highest BCUT2D eigenvalue weighted by molar-refractivity contribution is 4.66. The molecule has 0 heterocycles. The van der Waals surface area contributed by atoms with Crippen LogP contribution in [-0.4, -0.2) is 23.5 Å². The predicted molar refractivity (Wildman–Crippen MR) is 63.2 cm³/mol. The van der Waals surface area contributed by atoms with E-state index in [1.54, 1.807) is 0 Å². The highest BCUT2D eigenvalue weighted by Gasteiger charge is 2.11. The fourth-order valence-electron chi connectivity index (χ4n) is 1.45. The summed E-state index contributed by atoms with van der Waals surface area (Å²) in [6.07, 6.45) is 2.63. The van der Waals surface area contributed by atoms with E-state index in [0.29, 0.717) is 12.1 Å². The molecule has 0 aromatic heterocycles. The Morgan fingerprint density at radius 3 is 1.54 bits per heavy atom. The average Bonchev–Trinajstić information content (AvgIpc) is 2.07. The molecule has 0 spiro atoms. The van der Waals surface area contributed by atoms with Crippen molar-refractivity contribution in [1.82, 2.24) is 4.90 Å². The van der Waals surface area contributed by atoms with E-state index in [0.717, 1.165) is 0 Å². The van der Waals surface area contributed by atoms with Crippen molar-refractivity contribution in [3.05, 3.63) is 0 Å². The van der Waals surface area contributed by atoms with Crippen molar-refractivity contribution in [3.63, 3.8) is 0 Å². The van der Waals surface area contributed by atoms with Gasteiger partial charge in [0.15, 0.2) is 0 Å². The van der Waals surface area contributed by atoms with Gasteiger partial charge in [0, 0.05) is 12.1 Å². The maximum atomic E-state index is 2.55. The summed E-state index contributed by atoms with van der Waals surface area (Å²) in [7, 11) is 0. The van der Waals surface area contributed by atoms with Crippen molar-refractivity contribution in [1.29, 1.82) is 0 Å². The van der Waals surface area contributed by atoms with Gasteiger partial charge < -0.3 is 0 Å². The number of nitrogens with zero attached hydrogens (tertiary/aromatic N) is 1. The molecule has 0 radical (unpaired) electrons. The molecule has 0 aromatic rings. The van der Waals surface area contributed by atoms with Crippen molar-refractivity contribution in [3.8, 4) is 0 Å². The zero-order chi connectivity index (χ0) is 10.9. The molecule has 0 amide bonds. The molecule has 1 heteroatoms. The molecule has 0 atom stereocenters. The molecular weight excluding hydrogens is 158 g/mol. The summed E-state index contributed by atoms with van der Waals surface area (Å²) < 4.78 is 0. The standard InChI is InChI=1S/C10H23N.C2H6/c1-6-7-8-11(9(2)3)10(4)5;1-2/h9-10H,6-8H2,1-5H3;1-2H3. The first-order valence-corrected chi connectivity index (χ1v) is 5.85. The molecule has 1 nitrogen and oxygen atoms in total. The number of unbranched alkanes of at least 4 members (excludes halogenated alkanes) is 1. The van der Waals surface area contributed by atoms with Gasteiger partial charge in [0.2, 0.25) is 0 Å². The highest BCUT2D eigenvalue weighted by Crippen LogP contribution is 2.06. The monoisotopic (exact) mass is 187 g/mol. The molecule has 0 unspecified atom stereocenters. The largest absolute Gasteiger partial charge is 0.299 e. The normalized spacial score (nSPS) is 10.6. The fourth-order valence-corrected chi connectivity index (χ4v) is 1.45. The molecule has 0 aromatic carbocycles. The first-order valence-electron chi connectivity index (χ1n) is 5.85. The summed E-state index contributed by atoms with van der Waals surface area (Å²) in [5.41, 5.74) is 0. The van der Waals surface area contributed by atoms with Crippen LogP contribution in [0.2, 0.25) is 0 Å². The second kappa shape index (κ2) is 10.0. The fraction of sp³-hybridized carbons (Fsp3) is 1.00.